The van der Waals surface area contributed by atoms with Crippen LogP contribution in [0.2, 0.25) is 0 Å². The molecule has 0 fully saturated rings. The molecule has 0 aliphatic carbocycles. The molecule has 0 spiro atoms. The van der Waals surface area contributed by atoms with E-state index in [1.165, 1.54) is 49.2 Å². The zero-order chi connectivity index (χ0) is 25.4. The highest BCUT2D eigenvalue weighted by atomic mass is 31.1. The molecule has 0 N–H and O–H groups in total. The molecule has 182 valence electrons. The maximum Gasteiger partial charge on any atom is 0.118 e. The molecule has 5 aromatic rings. The van der Waals surface area contributed by atoms with E-state index < -0.39 is 0 Å². The minimum absolute atomic E-state index is 0.526. The normalized spacial score (nSPS) is 13.2. The molecular formula is C33H27O3P. The molecule has 0 aromatic heterocycles. The van der Waals surface area contributed by atoms with Crippen LogP contribution in [0.25, 0.3) is 32.8 Å². The smallest absolute Gasteiger partial charge is 0.118 e. The molecule has 0 radical (unpaired) electrons. The van der Waals surface area contributed by atoms with Crippen LogP contribution in [0, 0.1) is 0 Å². The molecule has 0 bridgehead atoms. The van der Waals surface area contributed by atoms with Gasteiger partial charge in [-0.2, -0.15) is 0 Å². The molecule has 0 amide bonds. The Labute approximate surface area is 219 Å². The van der Waals surface area contributed by atoms with Gasteiger partial charge in [0, 0.05) is 0 Å². The number of hydrogen-bond donors (Lipinski definition) is 0. The van der Waals surface area contributed by atoms with Crippen molar-refractivity contribution in [1.29, 1.82) is 0 Å². The molecular weight excluding hydrogens is 475 g/mol. The van der Waals surface area contributed by atoms with Gasteiger partial charge in [0.15, 0.2) is 0 Å². The second-order valence-corrected chi connectivity index (χ2v) is 10.2. The summed E-state index contributed by atoms with van der Waals surface area (Å²) in [5.74, 6) is 2.56. The number of methoxy groups -OCH3 is 3. The molecule has 1 unspecified atom stereocenters. The molecule has 1 heterocycles. The molecule has 4 heteroatoms. The predicted molar refractivity (Wildman–Crippen MR) is 156 cm³/mol. The van der Waals surface area contributed by atoms with Gasteiger partial charge in [-0.25, -0.2) is 0 Å². The summed E-state index contributed by atoms with van der Waals surface area (Å²) in [6, 6.07) is 36.4. The SMILES string of the molecule is COc1ccc(C2=C(c3ccc(OC)cc3)c3c(-c4ccc(OC)cc4)ccc4cccc(c34)P2)cc1. The Kier molecular flexibility index (Phi) is 6.16. The van der Waals surface area contributed by atoms with Crippen molar-refractivity contribution in [1.82, 2.24) is 0 Å². The van der Waals surface area contributed by atoms with Crippen molar-refractivity contribution in [3.05, 3.63) is 120 Å². The Hall–Kier alpha value is -4.07. The van der Waals surface area contributed by atoms with Crippen molar-refractivity contribution in [2.45, 2.75) is 0 Å². The van der Waals surface area contributed by atoms with E-state index >= 15 is 0 Å². The van der Waals surface area contributed by atoms with Crippen LogP contribution >= 0.6 is 8.58 Å². The molecule has 5 aromatic carbocycles. The zero-order valence-electron chi connectivity index (χ0n) is 21.0. The summed E-state index contributed by atoms with van der Waals surface area (Å²) >= 11 is 0. The van der Waals surface area contributed by atoms with Crippen molar-refractivity contribution < 1.29 is 14.2 Å². The molecule has 1 aliphatic rings. The summed E-state index contributed by atoms with van der Waals surface area (Å²) in [5, 5.41) is 5.29. The van der Waals surface area contributed by atoms with Gasteiger partial charge in [0.05, 0.1) is 21.3 Å². The number of ether oxygens (including phenoxy) is 3. The molecule has 0 saturated heterocycles. The lowest BCUT2D eigenvalue weighted by molar-refractivity contribution is 0.414. The van der Waals surface area contributed by atoms with Gasteiger partial charge < -0.3 is 14.2 Å². The minimum atomic E-state index is 0.526. The van der Waals surface area contributed by atoms with Crippen molar-refractivity contribution >= 4 is 35.5 Å². The summed E-state index contributed by atoms with van der Waals surface area (Å²) in [6.07, 6.45) is 0. The Bertz CT molecular complexity index is 1620. The Morgan fingerprint density at radius 1 is 0.514 bits per heavy atom. The highest BCUT2D eigenvalue weighted by Crippen LogP contribution is 2.51. The first-order valence-electron chi connectivity index (χ1n) is 12.2. The van der Waals surface area contributed by atoms with Gasteiger partial charge >= 0.3 is 0 Å². The van der Waals surface area contributed by atoms with Crippen molar-refractivity contribution in [3.8, 4) is 28.4 Å². The molecule has 1 atom stereocenters. The van der Waals surface area contributed by atoms with Crippen LogP contribution in [0.3, 0.4) is 0 Å². The number of rotatable bonds is 6. The first-order valence-corrected chi connectivity index (χ1v) is 13.2. The third-order valence-electron chi connectivity index (χ3n) is 6.96. The first-order chi connectivity index (χ1) is 18.2. The average molecular weight is 503 g/mol. The lowest BCUT2D eigenvalue weighted by Crippen LogP contribution is -2.09. The lowest BCUT2D eigenvalue weighted by atomic mass is 9.85. The monoisotopic (exact) mass is 502 g/mol. The maximum absolute atomic E-state index is 5.48. The van der Waals surface area contributed by atoms with E-state index in [9.17, 15) is 0 Å². The summed E-state index contributed by atoms with van der Waals surface area (Å²) in [4.78, 5) is 0. The van der Waals surface area contributed by atoms with Crippen LogP contribution in [-0.4, -0.2) is 21.3 Å². The van der Waals surface area contributed by atoms with E-state index in [2.05, 4.69) is 66.7 Å². The summed E-state index contributed by atoms with van der Waals surface area (Å²) < 4.78 is 16.4. The zero-order valence-corrected chi connectivity index (χ0v) is 22.0. The Balaban J connectivity index is 1.69. The van der Waals surface area contributed by atoms with Crippen LogP contribution in [0.15, 0.2) is 103 Å². The second kappa shape index (κ2) is 9.76. The van der Waals surface area contributed by atoms with Crippen LogP contribution in [0.4, 0.5) is 0 Å². The second-order valence-electron chi connectivity index (χ2n) is 8.95. The summed E-state index contributed by atoms with van der Waals surface area (Å²) in [7, 11) is 5.64. The van der Waals surface area contributed by atoms with Gasteiger partial charge in [-0.1, -0.05) is 75.3 Å². The van der Waals surface area contributed by atoms with Gasteiger partial charge in [0.25, 0.3) is 0 Å². The van der Waals surface area contributed by atoms with Gasteiger partial charge in [0.2, 0.25) is 0 Å². The molecule has 1 aliphatic heterocycles. The van der Waals surface area contributed by atoms with E-state index in [0.29, 0.717) is 8.58 Å². The van der Waals surface area contributed by atoms with E-state index in [1.54, 1.807) is 21.3 Å². The summed E-state index contributed by atoms with van der Waals surface area (Å²) in [5.41, 5.74) is 7.30. The third kappa shape index (κ3) is 4.16. The van der Waals surface area contributed by atoms with E-state index in [-0.39, 0.29) is 0 Å². The number of benzene rings is 5. The van der Waals surface area contributed by atoms with Gasteiger partial charge in [-0.3, -0.25) is 0 Å². The van der Waals surface area contributed by atoms with Crippen LogP contribution < -0.4 is 19.5 Å². The van der Waals surface area contributed by atoms with E-state index in [1.807, 2.05) is 36.4 Å². The third-order valence-corrected chi connectivity index (χ3v) is 8.44. The van der Waals surface area contributed by atoms with E-state index in [0.717, 1.165) is 22.8 Å². The largest absolute Gasteiger partial charge is 0.497 e. The molecule has 0 saturated carbocycles. The van der Waals surface area contributed by atoms with Crippen molar-refractivity contribution in [3.63, 3.8) is 0 Å². The number of hydrogen-bond acceptors (Lipinski definition) is 3. The highest BCUT2D eigenvalue weighted by Gasteiger charge is 2.26. The molecule has 3 nitrogen and oxygen atoms in total. The van der Waals surface area contributed by atoms with Gasteiger partial charge in [0.1, 0.15) is 17.2 Å². The summed E-state index contributed by atoms with van der Waals surface area (Å²) in [6.45, 7) is 0. The minimum Gasteiger partial charge on any atom is -0.497 e. The Morgan fingerprint density at radius 3 is 1.62 bits per heavy atom. The van der Waals surface area contributed by atoms with Crippen LogP contribution in [0.5, 0.6) is 17.2 Å². The fourth-order valence-electron chi connectivity index (χ4n) is 5.10. The fourth-order valence-corrected chi connectivity index (χ4v) is 6.65. The van der Waals surface area contributed by atoms with Gasteiger partial charge in [-0.15, -0.1) is 0 Å². The molecule has 37 heavy (non-hydrogen) atoms. The average Bonchev–Trinajstić information content (AvgIpc) is 2.97. The van der Waals surface area contributed by atoms with Crippen molar-refractivity contribution in [2.24, 2.45) is 0 Å². The Morgan fingerprint density at radius 2 is 1.05 bits per heavy atom. The predicted octanol–water partition coefficient (Wildman–Crippen LogP) is 7.77. The topological polar surface area (TPSA) is 27.7 Å². The lowest BCUT2D eigenvalue weighted by Gasteiger charge is -2.27. The fraction of sp³-hybridized carbons (Fsp3) is 0.0909. The van der Waals surface area contributed by atoms with Gasteiger partial charge in [-0.05, 0) is 91.2 Å². The van der Waals surface area contributed by atoms with E-state index in [4.69, 9.17) is 14.2 Å². The maximum atomic E-state index is 5.48. The molecule has 6 rings (SSSR count). The quantitative estimate of drug-likeness (QED) is 0.222. The van der Waals surface area contributed by atoms with Crippen LogP contribution in [-0.2, 0) is 0 Å². The highest BCUT2D eigenvalue weighted by molar-refractivity contribution is 7.59. The standard InChI is InChI=1S/C33H27O3P/c1-34-25-14-7-21(8-15-25)28-20-13-22-5-4-6-29-30(22)32(28)31(23-9-16-26(35-2)17-10-23)33(37-29)24-11-18-27(36-3)19-12-24/h4-20,37H,1-3H3. The van der Waals surface area contributed by atoms with Crippen LogP contribution in [0.1, 0.15) is 16.7 Å². The van der Waals surface area contributed by atoms with Crippen molar-refractivity contribution in [2.75, 3.05) is 21.3 Å². The first kappa shape index (κ1) is 23.3.